The van der Waals surface area contributed by atoms with Crippen molar-refractivity contribution in [2.45, 2.75) is 31.7 Å². The Morgan fingerprint density at radius 3 is 2.41 bits per heavy atom. The molecule has 0 radical (unpaired) electrons. The van der Waals surface area contributed by atoms with E-state index in [0.717, 1.165) is 51.1 Å². The Hall–Kier alpha value is -1.75. The number of carbonyl (C=O) groups excluding carboxylic acids is 1. The molecule has 4 nitrogen and oxygen atoms in total. The lowest BCUT2D eigenvalue weighted by atomic mass is 9.92. The highest BCUT2D eigenvalue weighted by atomic mass is 35.5. The van der Waals surface area contributed by atoms with Crippen LogP contribution in [0.15, 0.2) is 42.5 Å². The van der Waals surface area contributed by atoms with Crippen LogP contribution in [-0.2, 0) is 6.42 Å². The third-order valence-electron chi connectivity index (χ3n) is 6.35. The predicted molar refractivity (Wildman–Crippen MR) is 117 cm³/mol. The summed E-state index contributed by atoms with van der Waals surface area (Å²) in [6, 6.07) is 13.5. The lowest BCUT2D eigenvalue weighted by Gasteiger charge is -2.33. The fourth-order valence-electron chi connectivity index (χ4n) is 4.33. The average Bonchev–Trinajstić information content (AvgIpc) is 3.38. The van der Waals surface area contributed by atoms with Crippen LogP contribution in [0.2, 0.25) is 10.0 Å². The molecule has 1 heterocycles. The average molecular weight is 433 g/mol. The van der Waals surface area contributed by atoms with Crippen molar-refractivity contribution in [1.29, 1.82) is 0 Å². The van der Waals surface area contributed by atoms with E-state index in [4.69, 9.17) is 27.9 Å². The lowest BCUT2D eigenvalue weighted by Crippen LogP contribution is -2.39. The van der Waals surface area contributed by atoms with Gasteiger partial charge in [0.05, 0.1) is 7.11 Å². The number of ether oxygens (including phenoxy) is 1. The SMILES string of the molecule is COc1ccc(CCN2CCC3(CC2)CC3NC(=O)c2cc(Cl)cc(Cl)c2)cc1. The zero-order valence-electron chi connectivity index (χ0n) is 16.6. The van der Waals surface area contributed by atoms with Crippen LogP contribution in [0.5, 0.6) is 5.75 Å². The number of likely N-dealkylation sites (tertiary alicyclic amines) is 1. The molecule has 0 bridgehead atoms. The van der Waals surface area contributed by atoms with Gasteiger partial charge in [0.25, 0.3) is 5.91 Å². The summed E-state index contributed by atoms with van der Waals surface area (Å²) in [4.78, 5) is 15.1. The first-order valence-corrected chi connectivity index (χ1v) is 10.9. The second-order valence-electron chi connectivity index (χ2n) is 8.19. The Morgan fingerprint density at radius 1 is 1.14 bits per heavy atom. The van der Waals surface area contributed by atoms with Gasteiger partial charge in [0.2, 0.25) is 0 Å². The van der Waals surface area contributed by atoms with Crippen molar-refractivity contribution < 1.29 is 9.53 Å². The molecule has 1 atom stereocenters. The normalized spacial score (nSPS) is 20.4. The Balaban J connectivity index is 1.24. The smallest absolute Gasteiger partial charge is 0.251 e. The third kappa shape index (κ3) is 4.88. The van der Waals surface area contributed by atoms with Crippen LogP contribution >= 0.6 is 23.2 Å². The van der Waals surface area contributed by atoms with Gasteiger partial charge < -0.3 is 15.0 Å². The Morgan fingerprint density at radius 2 is 1.79 bits per heavy atom. The summed E-state index contributed by atoms with van der Waals surface area (Å²) in [6.45, 7) is 3.25. The molecule has 1 amide bonds. The van der Waals surface area contributed by atoms with Gasteiger partial charge in [-0.15, -0.1) is 0 Å². The van der Waals surface area contributed by atoms with Gasteiger partial charge >= 0.3 is 0 Å². The first kappa shape index (κ1) is 20.5. The molecule has 4 rings (SSSR count). The lowest BCUT2D eigenvalue weighted by molar-refractivity contribution is 0.0935. The van der Waals surface area contributed by atoms with Crippen molar-refractivity contribution in [3.63, 3.8) is 0 Å². The molecule has 6 heteroatoms. The topological polar surface area (TPSA) is 41.6 Å². The Labute approximate surface area is 182 Å². The number of halogens is 2. The molecule has 2 aromatic rings. The molecule has 1 spiro atoms. The minimum atomic E-state index is -0.0850. The van der Waals surface area contributed by atoms with E-state index in [1.807, 2.05) is 12.1 Å². The van der Waals surface area contributed by atoms with Crippen LogP contribution in [0, 0.1) is 5.41 Å². The molecule has 2 fully saturated rings. The van der Waals surface area contributed by atoms with E-state index in [9.17, 15) is 4.79 Å². The van der Waals surface area contributed by atoms with E-state index in [0.29, 0.717) is 15.6 Å². The minimum Gasteiger partial charge on any atom is -0.497 e. The molecule has 2 aliphatic rings. The van der Waals surface area contributed by atoms with Gasteiger partial charge in [-0.3, -0.25) is 4.79 Å². The van der Waals surface area contributed by atoms with Gasteiger partial charge in [-0.25, -0.2) is 0 Å². The highest BCUT2D eigenvalue weighted by Gasteiger charge is 2.55. The summed E-state index contributed by atoms with van der Waals surface area (Å²) in [5, 5.41) is 4.15. The number of rotatable bonds is 6. The summed E-state index contributed by atoms with van der Waals surface area (Å²) >= 11 is 12.0. The highest BCUT2D eigenvalue weighted by molar-refractivity contribution is 6.35. The zero-order valence-corrected chi connectivity index (χ0v) is 18.1. The van der Waals surface area contributed by atoms with Crippen LogP contribution in [0.25, 0.3) is 0 Å². The molecule has 1 unspecified atom stereocenters. The number of benzene rings is 2. The molecule has 0 aromatic heterocycles. The maximum absolute atomic E-state index is 12.5. The monoisotopic (exact) mass is 432 g/mol. The standard InChI is InChI=1S/C23H26Cl2N2O2/c1-29-20-4-2-16(3-5-20)6-9-27-10-7-23(8-11-27)15-21(23)26-22(28)17-12-18(24)14-19(25)13-17/h2-5,12-14,21H,6-11,15H2,1H3,(H,26,28). The fourth-order valence-corrected chi connectivity index (χ4v) is 4.86. The molecule has 1 saturated carbocycles. The van der Waals surface area contributed by atoms with Crippen LogP contribution in [0.3, 0.4) is 0 Å². The van der Waals surface area contributed by atoms with Crippen LogP contribution < -0.4 is 10.1 Å². The molecule has 29 heavy (non-hydrogen) atoms. The minimum absolute atomic E-state index is 0.0850. The molecule has 154 valence electrons. The summed E-state index contributed by atoms with van der Waals surface area (Å²) < 4.78 is 5.22. The van der Waals surface area contributed by atoms with E-state index in [1.165, 1.54) is 5.56 Å². The van der Waals surface area contributed by atoms with Gasteiger partial charge in [-0.05, 0) is 80.1 Å². The largest absolute Gasteiger partial charge is 0.497 e. The summed E-state index contributed by atoms with van der Waals surface area (Å²) in [7, 11) is 1.69. The molecule has 1 aliphatic heterocycles. The number of amides is 1. The van der Waals surface area contributed by atoms with Crippen LogP contribution in [-0.4, -0.2) is 43.6 Å². The number of piperidine rings is 1. The van der Waals surface area contributed by atoms with E-state index in [2.05, 4.69) is 22.3 Å². The van der Waals surface area contributed by atoms with E-state index in [1.54, 1.807) is 25.3 Å². The number of hydrogen-bond donors (Lipinski definition) is 1. The van der Waals surface area contributed by atoms with Crippen LogP contribution in [0.1, 0.15) is 35.2 Å². The highest BCUT2D eigenvalue weighted by Crippen LogP contribution is 2.54. The predicted octanol–water partition coefficient (Wildman–Crippen LogP) is 4.83. The number of carbonyl (C=O) groups is 1. The van der Waals surface area contributed by atoms with Crippen molar-refractivity contribution >= 4 is 29.1 Å². The molecular formula is C23H26Cl2N2O2. The van der Waals surface area contributed by atoms with Crippen molar-refractivity contribution in [2.24, 2.45) is 5.41 Å². The van der Waals surface area contributed by atoms with E-state index >= 15 is 0 Å². The molecule has 1 saturated heterocycles. The van der Waals surface area contributed by atoms with Crippen LogP contribution in [0.4, 0.5) is 0 Å². The van der Waals surface area contributed by atoms with E-state index in [-0.39, 0.29) is 17.4 Å². The fraction of sp³-hybridized carbons (Fsp3) is 0.435. The quantitative estimate of drug-likeness (QED) is 0.710. The Kier molecular flexibility index (Phi) is 6.05. The first-order chi connectivity index (χ1) is 14.0. The van der Waals surface area contributed by atoms with Crippen molar-refractivity contribution in [3.05, 3.63) is 63.6 Å². The number of hydrogen-bond acceptors (Lipinski definition) is 3. The second kappa shape index (κ2) is 8.55. The number of nitrogens with one attached hydrogen (secondary N) is 1. The van der Waals surface area contributed by atoms with Gasteiger partial charge in [0.1, 0.15) is 5.75 Å². The van der Waals surface area contributed by atoms with E-state index < -0.39 is 0 Å². The van der Waals surface area contributed by atoms with Gasteiger partial charge in [-0.2, -0.15) is 0 Å². The summed E-state index contributed by atoms with van der Waals surface area (Å²) in [6.07, 6.45) is 4.39. The zero-order chi connectivity index (χ0) is 20.4. The summed E-state index contributed by atoms with van der Waals surface area (Å²) in [5.41, 5.74) is 2.14. The second-order valence-corrected chi connectivity index (χ2v) is 9.06. The number of nitrogens with zero attached hydrogens (tertiary/aromatic N) is 1. The maximum Gasteiger partial charge on any atom is 0.251 e. The third-order valence-corrected chi connectivity index (χ3v) is 6.78. The van der Waals surface area contributed by atoms with Crippen molar-refractivity contribution in [3.8, 4) is 5.75 Å². The molecular weight excluding hydrogens is 407 g/mol. The summed E-state index contributed by atoms with van der Waals surface area (Å²) in [5.74, 6) is 0.814. The first-order valence-electron chi connectivity index (χ1n) is 10.1. The molecule has 2 aromatic carbocycles. The van der Waals surface area contributed by atoms with Gasteiger partial charge in [0, 0.05) is 28.2 Å². The van der Waals surface area contributed by atoms with Crippen molar-refractivity contribution in [2.75, 3.05) is 26.7 Å². The molecule has 1 aliphatic carbocycles. The maximum atomic E-state index is 12.5. The Bertz CT molecular complexity index is 857. The van der Waals surface area contributed by atoms with Gasteiger partial charge in [0.15, 0.2) is 0 Å². The van der Waals surface area contributed by atoms with Gasteiger partial charge in [-0.1, -0.05) is 35.3 Å². The number of methoxy groups -OCH3 is 1. The molecule has 1 N–H and O–H groups in total. The van der Waals surface area contributed by atoms with Crippen molar-refractivity contribution in [1.82, 2.24) is 10.2 Å².